The van der Waals surface area contributed by atoms with Crippen molar-refractivity contribution in [2.75, 3.05) is 0 Å². The number of hydrogen-bond donors (Lipinski definition) is 0. The predicted octanol–water partition coefficient (Wildman–Crippen LogP) is 4.18. The average Bonchev–Trinajstić information content (AvgIpc) is 2.72. The van der Waals surface area contributed by atoms with Crippen molar-refractivity contribution in [1.29, 1.82) is 0 Å². The molecule has 0 radical (unpaired) electrons. The Morgan fingerprint density at radius 3 is 2.71 bits per heavy atom. The molecule has 0 heteroatoms. The van der Waals surface area contributed by atoms with Gasteiger partial charge < -0.3 is 0 Å². The first-order valence-electron chi connectivity index (χ1n) is 5.47. The quantitative estimate of drug-likeness (QED) is 0.620. The summed E-state index contributed by atoms with van der Waals surface area (Å²) in [6.07, 6.45) is 15.2. The molecule has 2 aliphatic rings. The van der Waals surface area contributed by atoms with Crippen LogP contribution in [0.25, 0.3) is 0 Å². The van der Waals surface area contributed by atoms with E-state index < -0.39 is 0 Å². The van der Waals surface area contributed by atoms with E-state index in [1.165, 1.54) is 30.4 Å². The second-order valence-corrected chi connectivity index (χ2v) is 4.37. The van der Waals surface area contributed by atoms with E-state index in [2.05, 4.69) is 44.2 Å². The zero-order valence-corrected chi connectivity index (χ0v) is 9.09. The van der Waals surface area contributed by atoms with Gasteiger partial charge in [0.1, 0.15) is 0 Å². The lowest BCUT2D eigenvalue weighted by Crippen LogP contribution is -1.91. The predicted molar refractivity (Wildman–Crippen MR) is 62.1 cm³/mol. The third kappa shape index (κ3) is 2.06. The minimum atomic E-state index is 0.691. The van der Waals surface area contributed by atoms with Gasteiger partial charge in [0, 0.05) is 0 Å². The Morgan fingerprint density at radius 1 is 1.29 bits per heavy atom. The molecule has 0 fully saturated rings. The summed E-state index contributed by atoms with van der Waals surface area (Å²) in [5, 5.41) is 0. The summed E-state index contributed by atoms with van der Waals surface area (Å²) in [7, 11) is 0. The van der Waals surface area contributed by atoms with Crippen molar-refractivity contribution in [3.05, 3.63) is 47.1 Å². The molecular formula is C14H18. The SMILES string of the molecule is CC1=CC(CCC2=C(C)C=CC2)C=C1. The molecule has 0 saturated heterocycles. The lowest BCUT2D eigenvalue weighted by molar-refractivity contribution is 0.702. The minimum absolute atomic E-state index is 0.691. The molecule has 0 N–H and O–H groups in total. The Bertz CT molecular complexity index is 337. The molecule has 74 valence electrons. The van der Waals surface area contributed by atoms with E-state index >= 15 is 0 Å². The van der Waals surface area contributed by atoms with Crippen molar-refractivity contribution < 1.29 is 0 Å². The van der Waals surface area contributed by atoms with Crippen LogP contribution in [0.4, 0.5) is 0 Å². The van der Waals surface area contributed by atoms with E-state index in [0.717, 1.165) is 0 Å². The van der Waals surface area contributed by atoms with Crippen molar-refractivity contribution in [1.82, 2.24) is 0 Å². The van der Waals surface area contributed by atoms with Gasteiger partial charge in [0.15, 0.2) is 0 Å². The van der Waals surface area contributed by atoms with Gasteiger partial charge in [0.2, 0.25) is 0 Å². The van der Waals surface area contributed by atoms with Crippen molar-refractivity contribution in [3.8, 4) is 0 Å². The molecule has 0 aromatic heterocycles. The van der Waals surface area contributed by atoms with E-state index in [-0.39, 0.29) is 0 Å². The van der Waals surface area contributed by atoms with E-state index in [9.17, 15) is 0 Å². The third-order valence-electron chi connectivity index (χ3n) is 3.15. The van der Waals surface area contributed by atoms with E-state index in [1.807, 2.05) is 0 Å². The monoisotopic (exact) mass is 186 g/mol. The Kier molecular flexibility index (Phi) is 2.72. The van der Waals surface area contributed by atoms with Crippen LogP contribution in [-0.4, -0.2) is 0 Å². The molecular weight excluding hydrogens is 168 g/mol. The normalized spacial score (nSPS) is 25.0. The molecule has 0 bridgehead atoms. The van der Waals surface area contributed by atoms with Gasteiger partial charge >= 0.3 is 0 Å². The van der Waals surface area contributed by atoms with Gasteiger partial charge in [-0.25, -0.2) is 0 Å². The van der Waals surface area contributed by atoms with Crippen LogP contribution in [0.2, 0.25) is 0 Å². The first kappa shape index (κ1) is 9.51. The Morgan fingerprint density at radius 2 is 2.14 bits per heavy atom. The molecule has 0 saturated carbocycles. The van der Waals surface area contributed by atoms with Crippen LogP contribution in [0.15, 0.2) is 47.1 Å². The summed E-state index contributed by atoms with van der Waals surface area (Å²) < 4.78 is 0. The van der Waals surface area contributed by atoms with Crippen LogP contribution < -0.4 is 0 Å². The van der Waals surface area contributed by atoms with Crippen LogP contribution in [-0.2, 0) is 0 Å². The average molecular weight is 186 g/mol. The highest BCUT2D eigenvalue weighted by Gasteiger charge is 2.10. The van der Waals surface area contributed by atoms with Gasteiger partial charge in [0.25, 0.3) is 0 Å². The van der Waals surface area contributed by atoms with E-state index in [0.29, 0.717) is 5.92 Å². The molecule has 2 rings (SSSR count). The van der Waals surface area contributed by atoms with Gasteiger partial charge in [0.05, 0.1) is 0 Å². The van der Waals surface area contributed by atoms with Crippen molar-refractivity contribution >= 4 is 0 Å². The Hall–Kier alpha value is -1.04. The van der Waals surface area contributed by atoms with Crippen LogP contribution in [0.3, 0.4) is 0 Å². The van der Waals surface area contributed by atoms with Gasteiger partial charge in [-0.05, 0) is 39.0 Å². The Balaban J connectivity index is 1.84. The molecule has 1 unspecified atom stereocenters. The van der Waals surface area contributed by atoms with Gasteiger partial charge in [-0.3, -0.25) is 0 Å². The third-order valence-corrected chi connectivity index (χ3v) is 3.15. The summed E-state index contributed by atoms with van der Waals surface area (Å²) in [4.78, 5) is 0. The topological polar surface area (TPSA) is 0 Å². The molecule has 0 nitrogen and oxygen atoms in total. The fourth-order valence-electron chi connectivity index (χ4n) is 2.20. The van der Waals surface area contributed by atoms with Crippen LogP contribution in [0.5, 0.6) is 0 Å². The second-order valence-electron chi connectivity index (χ2n) is 4.37. The molecule has 1 atom stereocenters. The summed E-state index contributed by atoms with van der Waals surface area (Å²) in [6.45, 7) is 4.41. The number of hydrogen-bond acceptors (Lipinski definition) is 0. The summed E-state index contributed by atoms with van der Waals surface area (Å²) in [5.74, 6) is 0.691. The number of rotatable bonds is 3. The van der Waals surface area contributed by atoms with Crippen LogP contribution in [0, 0.1) is 5.92 Å². The molecule has 0 aromatic rings. The highest BCUT2D eigenvalue weighted by atomic mass is 14.2. The van der Waals surface area contributed by atoms with Crippen LogP contribution in [0.1, 0.15) is 33.1 Å². The molecule has 0 heterocycles. The summed E-state index contributed by atoms with van der Waals surface area (Å²) >= 11 is 0. The molecule has 14 heavy (non-hydrogen) atoms. The fraction of sp³-hybridized carbons (Fsp3) is 0.429. The van der Waals surface area contributed by atoms with E-state index in [1.54, 1.807) is 5.57 Å². The summed E-state index contributed by atoms with van der Waals surface area (Å²) in [6, 6.07) is 0. The lowest BCUT2D eigenvalue weighted by Gasteiger charge is -2.07. The highest BCUT2D eigenvalue weighted by Crippen LogP contribution is 2.27. The van der Waals surface area contributed by atoms with Crippen molar-refractivity contribution in [3.63, 3.8) is 0 Å². The summed E-state index contributed by atoms with van der Waals surface area (Å²) in [5.41, 5.74) is 4.55. The molecule has 0 amide bonds. The van der Waals surface area contributed by atoms with E-state index in [4.69, 9.17) is 0 Å². The van der Waals surface area contributed by atoms with Crippen LogP contribution >= 0.6 is 0 Å². The lowest BCUT2D eigenvalue weighted by atomic mass is 9.98. The largest absolute Gasteiger partial charge is 0.0802 e. The minimum Gasteiger partial charge on any atom is -0.0802 e. The number of allylic oxidation sites excluding steroid dienone is 8. The second kappa shape index (κ2) is 4.00. The molecule has 0 aliphatic heterocycles. The first-order chi connectivity index (χ1) is 6.75. The Labute approximate surface area is 86.7 Å². The maximum atomic E-state index is 2.37. The molecule has 0 aromatic carbocycles. The zero-order chi connectivity index (χ0) is 9.97. The maximum Gasteiger partial charge on any atom is -0.00415 e. The highest BCUT2D eigenvalue weighted by molar-refractivity contribution is 5.33. The molecule has 0 spiro atoms. The first-order valence-corrected chi connectivity index (χ1v) is 5.47. The van der Waals surface area contributed by atoms with Gasteiger partial charge in [-0.2, -0.15) is 0 Å². The molecule has 2 aliphatic carbocycles. The smallest absolute Gasteiger partial charge is 0.00415 e. The van der Waals surface area contributed by atoms with Crippen molar-refractivity contribution in [2.24, 2.45) is 5.92 Å². The van der Waals surface area contributed by atoms with Gasteiger partial charge in [-0.1, -0.05) is 47.1 Å². The zero-order valence-electron chi connectivity index (χ0n) is 9.09. The standard InChI is InChI=1S/C14H18/c1-11-6-7-13(10-11)8-9-14-5-3-4-12(14)2/h3-4,6-7,10,13H,5,8-9H2,1-2H3. The fourth-order valence-corrected chi connectivity index (χ4v) is 2.20. The maximum absolute atomic E-state index is 2.37. The van der Waals surface area contributed by atoms with Crippen molar-refractivity contribution in [2.45, 2.75) is 33.1 Å². The van der Waals surface area contributed by atoms with Gasteiger partial charge in [-0.15, -0.1) is 0 Å².